The summed E-state index contributed by atoms with van der Waals surface area (Å²) >= 11 is 0. The summed E-state index contributed by atoms with van der Waals surface area (Å²) in [5.74, 6) is -1.08. The highest BCUT2D eigenvalue weighted by atomic mass is 19.1. The predicted molar refractivity (Wildman–Crippen MR) is 80.7 cm³/mol. The summed E-state index contributed by atoms with van der Waals surface area (Å²) in [5.41, 5.74) is 1.94. The lowest BCUT2D eigenvalue weighted by Crippen LogP contribution is -2.38. The number of hydrogen-bond acceptors (Lipinski definition) is 4. The third-order valence-electron chi connectivity index (χ3n) is 3.80. The summed E-state index contributed by atoms with van der Waals surface area (Å²) in [6.07, 6.45) is 2.85. The van der Waals surface area contributed by atoms with Gasteiger partial charge in [0.15, 0.2) is 0 Å². The maximum Gasteiger partial charge on any atom is 0.389 e. The van der Waals surface area contributed by atoms with Crippen molar-refractivity contribution in [2.24, 2.45) is 0 Å². The van der Waals surface area contributed by atoms with Gasteiger partial charge in [-0.3, -0.25) is 4.79 Å². The van der Waals surface area contributed by atoms with Crippen LogP contribution < -0.4 is 4.90 Å². The number of aromatic nitrogens is 2. The van der Waals surface area contributed by atoms with Gasteiger partial charge >= 0.3 is 5.82 Å². The van der Waals surface area contributed by atoms with Crippen molar-refractivity contribution in [1.82, 2.24) is 9.78 Å². The largest absolute Gasteiger partial charge is 0.389 e. The Morgan fingerprint density at radius 3 is 2.96 bits per heavy atom. The molecule has 1 aliphatic rings. The summed E-state index contributed by atoms with van der Waals surface area (Å²) in [4.78, 5) is 23.9. The fourth-order valence-corrected chi connectivity index (χ4v) is 2.85. The molecule has 0 fully saturated rings. The fraction of sp³-hybridized carbons (Fsp3) is 0.333. The van der Waals surface area contributed by atoms with E-state index < -0.39 is 10.7 Å². The van der Waals surface area contributed by atoms with Crippen molar-refractivity contribution in [3.05, 3.63) is 51.5 Å². The molecule has 0 unspecified atom stereocenters. The van der Waals surface area contributed by atoms with Gasteiger partial charge in [-0.1, -0.05) is 6.07 Å². The molecule has 0 saturated carbocycles. The van der Waals surface area contributed by atoms with E-state index in [4.69, 9.17) is 0 Å². The van der Waals surface area contributed by atoms with E-state index >= 15 is 0 Å². The minimum Gasteiger partial charge on any atom is -0.358 e. The number of nitrogens with zero attached hydrogens (tertiary/aromatic N) is 4. The van der Waals surface area contributed by atoms with Gasteiger partial charge in [0.1, 0.15) is 12.4 Å². The third-order valence-corrected chi connectivity index (χ3v) is 3.80. The lowest BCUT2D eigenvalue weighted by molar-refractivity contribution is -0.389. The number of rotatable bonds is 3. The van der Waals surface area contributed by atoms with Crippen LogP contribution in [0.5, 0.6) is 0 Å². The van der Waals surface area contributed by atoms with E-state index in [-0.39, 0.29) is 18.3 Å². The minimum absolute atomic E-state index is 0.166. The third kappa shape index (κ3) is 2.92. The first-order valence-electron chi connectivity index (χ1n) is 7.23. The molecule has 1 aromatic carbocycles. The van der Waals surface area contributed by atoms with Gasteiger partial charge in [-0.2, -0.15) is 4.68 Å². The van der Waals surface area contributed by atoms with Crippen LogP contribution in [-0.2, 0) is 17.8 Å². The number of fused-ring (bicyclic) bond motifs is 1. The van der Waals surface area contributed by atoms with Crippen molar-refractivity contribution in [1.29, 1.82) is 0 Å². The van der Waals surface area contributed by atoms with Crippen LogP contribution in [0.4, 0.5) is 15.9 Å². The van der Waals surface area contributed by atoms with Crippen LogP contribution in [0.15, 0.2) is 24.4 Å². The maximum absolute atomic E-state index is 14.3. The predicted octanol–water partition coefficient (Wildman–Crippen LogP) is 2.22. The zero-order chi connectivity index (χ0) is 16.6. The molecule has 0 atom stereocenters. The normalized spacial score (nSPS) is 13.7. The van der Waals surface area contributed by atoms with Gasteiger partial charge in [-0.15, -0.1) is 0 Å². The van der Waals surface area contributed by atoms with Crippen molar-refractivity contribution < 1.29 is 14.1 Å². The summed E-state index contributed by atoms with van der Waals surface area (Å²) < 4.78 is 15.5. The van der Waals surface area contributed by atoms with Crippen LogP contribution in [-0.4, -0.2) is 27.2 Å². The zero-order valence-electron chi connectivity index (χ0n) is 12.5. The molecule has 23 heavy (non-hydrogen) atoms. The highest BCUT2D eigenvalue weighted by Crippen LogP contribution is 2.31. The van der Waals surface area contributed by atoms with Gasteiger partial charge in [0.25, 0.3) is 5.91 Å². The van der Waals surface area contributed by atoms with Crippen LogP contribution >= 0.6 is 0 Å². The molecule has 120 valence electrons. The number of carbonyl (C=O) groups excluding carboxylic acids is 1. The summed E-state index contributed by atoms with van der Waals surface area (Å²) in [7, 11) is 0. The van der Waals surface area contributed by atoms with Crippen molar-refractivity contribution in [2.45, 2.75) is 26.3 Å². The van der Waals surface area contributed by atoms with Gasteiger partial charge in [0, 0.05) is 6.54 Å². The van der Waals surface area contributed by atoms with Gasteiger partial charge < -0.3 is 15.0 Å². The Balaban J connectivity index is 1.85. The Morgan fingerprint density at radius 1 is 1.48 bits per heavy atom. The van der Waals surface area contributed by atoms with Crippen LogP contribution in [0.1, 0.15) is 17.5 Å². The van der Waals surface area contributed by atoms with Gasteiger partial charge in [0.05, 0.1) is 23.0 Å². The highest BCUT2D eigenvalue weighted by Gasteiger charge is 2.27. The molecule has 0 saturated heterocycles. The Kier molecular flexibility index (Phi) is 3.81. The van der Waals surface area contributed by atoms with Crippen molar-refractivity contribution in [3.63, 3.8) is 0 Å². The van der Waals surface area contributed by atoms with E-state index in [0.717, 1.165) is 24.0 Å². The number of nitro groups is 1. The van der Waals surface area contributed by atoms with E-state index in [2.05, 4.69) is 5.10 Å². The number of halogens is 1. The van der Waals surface area contributed by atoms with E-state index in [1.54, 1.807) is 0 Å². The first kappa shape index (κ1) is 15.1. The number of aryl methyl sites for hydroxylation is 2. The standard InChI is InChI=1S/C15H15FN4O3/c1-10-7-11-3-2-5-19(15(11)12(16)8-10)14(21)9-18-6-4-13(17-18)20(22)23/h4,6-8H,2-3,5,9H2,1H3. The van der Waals surface area contributed by atoms with Gasteiger partial charge in [0.2, 0.25) is 0 Å². The number of benzene rings is 1. The number of anilines is 1. The first-order chi connectivity index (χ1) is 11.0. The quantitative estimate of drug-likeness (QED) is 0.642. The van der Waals surface area contributed by atoms with E-state index in [9.17, 15) is 19.3 Å². The van der Waals surface area contributed by atoms with Crippen LogP contribution in [0.3, 0.4) is 0 Å². The summed E-state index contributed by atoms with van der Waals surface area (Å²) in [6, 6.07) is 4.52. The second-order valence-corrected chi connectivity index (χ2v) is 5.53. The molecule has 3 rings (SSSR count). The lowest BCUT2D eigenvalue weighted by Gasteiger charge is -2.30. The van der Waals surface area contributed by atoms with Crippen LogP contribution in [0.25, 0.3) is 0 Å². The second kappa shape index (κ2) is 5.79. The van der Waals surface area contributed by atoms with Crippen LogP contribution in [0.2, 0.25) is 0 Å². The first-order valence-corrected chi connectivity index (χ1v) is 7.23. The molecule has 1 amide bonds. The van der Waals surface area contributed by atoms with Gasteiger partial charge in [-0.05, 0) is 41.9 Å². The number of hydrogen-bond donors (Lipinski definition) is 0. The average molecular weight is 318 g/mol. The SMILES string of the molecule is Cc1cc(F)c2c(c1)CCCN2C(=O)Cn1ccc([N+](=O)[O-])n1. The molecule has 0 N–H and O–H groups in total. The fourth-order valence-electron chi connectivity index (χ4n) is 2.85. The monoisotopic (exact) mass is 318 g/mol. The highest BCUT2D eigenvalue weighted by molar-refractivity contribution is 5.94. The second-order valence-electron chi connectivity index (χ2n) is 5.53. The molecular weight excluding hydrogens is 303 g/mol. The molecule has 0 bridgehead atoms. The Bertz CT molecular complexity index is 787. The van der Waals surface area contributed by atoms with Crippen molar-refractivity contribution in [3.8, 4) is 0 Å². The molecule has 0 spiro atoms. The van der Waals surface area contributed by atoms with Crippen LogP contribution in [0, 0.1) is 22.9 Å². The Labute approximate surface area is 131 Å². The molecule has 0 aliphatic carbocycles. The van der Waals surface area contributed by atoms with E-state index in [1.165, 1.54) is 27.9 Å². The van der Waals surface area contributed by atoms with Crippen molar-refractivity contribution >= 4 is 17.4 Å². The number of amides is 1. The Morgan fingerprint density at radius 2 is 2.26 bits per heavy atom. The smallest absolute Gasteiger partial charge is 0.358 e. The molecule has 0 radical (unpaired) electrons. The molecule has 7 nitrogen and oxygen atoms in total. The molecule has 1 aliphatic heterocycles. The summed E-state index contributed by atoms with van der Waals surface area (Å²) in [6.45, 7) is 2.07. The summed E-state index contributed by atoms with van der Waals surface area (Å²) in [5, 5.41) is 14.3. The average Bonchev–Trinajstić information content (AvgIpc) is 2.95. The molecular formula is C15H15FN4O3. The zero-order valence-corrected chi connectivity index (χ0v) is 12.5. The van der Waals surface area contributed by atoms with Gasteiger partial charge in [-0.25, -0.2) is 4.39 Å². The number of carbonyl (C=O) groups is 1. The molecule has 2 aromatic rings. The molecule has 1 aromatic heterocycles. The molecule has 8 heteroatoms. The lowest BCUT2D eigenvalue weighted by atomic mass is 9.99. The molecule has 2 heterocycles. The minimum atomic E-state index is -0.625. The van der Waals surface area contributed by atoms with E-state index in [1.807, 2.05) is 13.0 Å². The Hall–Kier alpha value is -2.77. The maximum atomic E-state index is 14.3. The topological polar surface area (TPSA) is 81.3 Å². The van der Waals surface area contributed by atoms with E-state index in [0.29, 0.717) is 12.2 Å². The van der Waals surface area contributed by atoms with Crippen molar-refractivity contribution in [2.75, 3.05) is 11.4 Å².